The number of nitrogens with two attached hydrogens (primary N) is 1. The second-order valence-electron chi connectivity index (χ2n) is 10.3. The smallest absolute Gasteiger partial charge is 0.324 e. The highest BCUT2D eigenvalue weighted by atomic mass is 32.2. The number of hydrogen-bond donors (Lipinski definition) is 2. The number of nitrogens with zero attached hydrogens (tertiary/aromatic N) is 4. The van der Waals surface area contributed by atoms with Gasteiger partial charge in [-0.3, -0.25) is 15.3 Å². The number of nitrogen functional groups attached to an aromatic ring is 1. The standard InChI is InChI=1S/C28H34N6O4S2/c29-27(30)24-7-4-8-25(13-24)34-17-23(19-38-18-22-5-2-1-3-6-22)16-32(28(34)35)15-21-9-11-33(12-10-21)40(36,37)26-14-31-20-39-26/h1-8,13-14,20-21,23H,9-12,15-19H2,(H3,29,30). The molecule has 0 saturated carbocycles. The quantitative estimate of drug-likeness (QED) is 0.277. The van der Waals surface area contributed by atoms with Gasteiger partial charge in [-0.15, -0.1) is 11.3 Å². The van der Waals surface area contributed by atoms with E-state index in [0.29, 0.717) is 70.0 Å². The minimum atomic E-state index is -3.53. The summed E-state index contributed by atoms with van der Waals surface area (Å²) in [5, 5.41) is 7.82. The van der Waals surface area contributed by atoms with E-state index in [9.17, 15) is 13.2 Å². The zero-order valence-electron chi connectivity index (χ0n) is 22.2. The fourth-order valence-electron chi connectivity index (χ4n) is 5.29. The number of ether oxygens (including phenoxy) is 1. The minimum absolute atomic E-state index is 0.0500. The lowest BCUT2D eigenvalue weighted by Gasteiger charge is -2.42. The maximum atomic E-state index is 13.7. The van der Waals surface area contributed by atoms with Crippen LogP contribution in [0.25, 0.3) is 0 Å². The lowest BCUT2D eigenvalue weighted by molar-refractivity contribution is 0.0661. The van der Waals surface area contributed by atoms with Crippen LogP contribution in [-0.2, 0) is 21.4 Å². The van der Waals surface area contributed by atoms with Crippen LogP contribution in [0.2, 0.25) is 0 Å². The average Bonchev–Trinajstić information content (AvgIpc) is 3.52. The number of piperidine rings is 1. The van der Waals surface area contributed by atoms with Crippen LogP contribution < -0.4 is 10.6 Å². The summed E-state index contributed by atoms with van der Waals surface area (Å²) >= 11 is 1.13. The highest BCUT2D eigenvalue weighted by molar-refractivity contribution is 7.91. The molecular weight excluding hydrogens is 548 g/mol. The number of amidine groups is 1. The van der Waals surface area contributed by atoms with Gasteiger partial charge in [0.25, 0.3) is 10.0 Å². The number of nitrogens with one attached hydrogen (secondary N) is 1. The molecule has 3 heterocycles. The second-order valence-corrected chi connectivity index (χ2v) is 13.3. The van der Waals surface area contributed by atoms with Crippen molar-refractivity contribution in [3.8, 4) is 0 Å². The summed E-state index contributed by atoms with van der Waals surface area (Å²) < 4.78 is 33.7. The number of amides is 2. The first-order valence-electron chi connectivity index (χ1n) is 13.3. The van der Waals surface area contributed by atoms with E-state index in [-0.39, 0.29) is 27.9 Å². The molecule has 1 atom stereocenters. The Hall–Kier alpha value is -3.32. The zero-order chi connectivity index (χ0) is 28.1. The Morgan fingerprint density at radius 1 is 1.07 bits per heavy atom. The fourth-order valence-corrected chi connectivity index (χ4v) is 7.71. The van der Waals surface area contributed by atoms with Gasteiger partial charge in [0.1, 0.15) is 5.84 Å². The molecule has 5 rings (SSSR count). The topological polar surface area (TPSA) is 133 Å². The minimum Gasteiger partial charge on any atom is -0.384 e. The van der Waals surface area contributed by atoms with Crippen molar-refractivity contribution in [2.45, 2.75) is 23.7 Å². The van der Waals surface area contributed by atoms with Gasteiger partial charge in [0, 0.05) is 49.9 Å². The van der Waals surface area contributed by atoms with Crippen molar-refractivity contribution in [1.29, 1.82) is 5.41 Å². The molecule has 0 spiro atoms. The molecule has 1 aromatic heterocycles. The zero-order valence-corrected chi connectivity index (χ0v) is 23.8. The number of benzene rings is 2. The number of carbonyl (C=O) groups is 1. The normalized spacial score (nSPS) is 19.2. The molecule has 3 aromatic rings. The van der Waals surface area contributed by atoms with Crippen LogP contribution in [0, 0.1) is 17.2 Å². The van der Waals surface area contributed by atoms with Crippen molar-refractivity contribution in [3.63, 3.8) is 0 Å². The van der Waals surface area contributed by atoms with E-state index in [1.165, 1.54) is 16.0 Å². The number of thiazole rings is 1. The van der Waals surface area contributed by atoms with Gasteiger partial charge < -0.3 is 15.4 Å². The maximum absolute atomic E-state index is 13.7. The van der Waals surface area contributed by atoms with Crippen LogP contribution >= 0.6 is 11.3 Å². The first-order valence-corrected chi connectivity index (χ1v) is 15.6. The van der Waals surface area contributed by atoms with Crippen molar-refractivity contribution < 1.29 is 17.9 Å². The lowest BCUT2D eigenvalue weighted by atomic mass is 9.96. The third kappa shape index (κ3) is 6.52. The lowest BCUT2D eigenvalue weighted by Crippen LogP contribution is -2.56. The molecule has 212 valence electrons. The third-order valence-electron chi connectivity index (χ3n) is 7.41. The van der Waals surface area contributed by atoms with Gasteiger partial charge >= 0.3 is 6.03 Å². The molecule has 2 fully saturated rings. The molecule has 2 saturated heterocycles. The Balaban J connectivity index is 1.27. The Labute approximate surface area is 238 Å². The van der Waals surface area contributed by atoms with Crippen LogP contribution in [0.5, 0.6) is 0 Å². The van der Waals surface area contributed by atoms with E-state index in [1.54, 1.807) is 23.1 Å². The number of rotatable bonds is 10. The summed E-state index contributed by atoms with van der Waals surface area (Å²) in [7, 11) is -3.53. The van der Waals surface area contributed by atoms with E-state index in [4.69, 9.17) is 15.9 Å². The van der Waals surface area contributed by atoms with Gasteiger partial charge in [0.15, 0.2) is 4.21 Å². The number of urea groups is 1. The van der Waals surface area contributed by atoms with Crippen LogP contribution in [-0.4, -0.2) is 73.8 Å². The third-order valence-corrected chi connectivity index (χ3v) is 10.6. The Morgan fingerprint density at radius 3 is 2.55 bits per heavy atom. The SMILES string of the molecule is N=C(N)c1cccc(N2CC(COCc3ccccc3)CN(CC3CCN(S(=O)(=O)c4cncs4)CC3)C2=O)c1. The van der Waals surface area contributed by atoms with Crippen LogP contribution in [0.15, 0.2) is 70.5 Å². The summed E-state index contributed by atoms with van der Waals surface area (Å²) in [6, 6.07) is 17.1. The maximum Gasteiger partial charge on any atom is 0.324 e. The Kier molecular flexibility index (Phi) is 8.79. The highest BCUT2D eigenvalue weighted by Crippen LogP contribution is 2.29. The van der Waals surface area contributed by atoms with Crippen LogP contribution in [0.1, 0.15) is 24.0 Å². The molecule has 0 bridgehead atoms. The Morgan fingerprint density at radius 2 is 1.85 bits per heavy atom. The van der Waals surface area contributed by atoms with Crippen molar-refractivity contribution in [1.82, 2.24) is 14.2 Å². The van der Waals surface area contributed by atoms with Gasteiger partial charge in [-0.25, -0.2) is 13.2 Å². The van der Waals surface area contributed by atoms with Gasteiger partial charge in [0.05, 0.1) is 24.9 Å². The number of carbonyl (C=O) groups excluding carboxylic acids is 1. The molecule has 3 N–H and O–H groups in total. The molecule has 10 nitrogen and oxygen atoms in total. The van der Waals surface area contributed by atoms with E-state index in [2.05, 4.69) is 4.98 Å². The van der Waals surface area contributed by atoms with Crippen molar-refractivity contribution in [3.05, 3.63) is 77.4 Å². The Bertz CT molecular complexity index is 1410. The number of anilines is 1. The average molecular weight is 583 g/mol. The van der Waals surface area contributed by atoms with E-state index in [1.807, 2.05) is 41.3 Å². The molecule has 12 heteroatoms. The summed E-state index contributed by atoms with van der Waals surface area (Å²) in [5.74, 6) is 0.214. The molecule has 2 aliphatic rings. The van der Waals surface area contributed by atoms with Crippen LogP contribution in [0.3, 0.4) is 0 Å². The number of aromatic nitrogens is 1. The summed E-state index contributed by atoms with van der Waals surface area (Å²) in [6.45, 7) is 3.44. The van der Waals surface area contributed by atoms with Crippen molar-refractivity contribution >= 4 is 38.9 Å². The first kappa shape index (κ1) is 28.2. The number of sulfonamides is 1. The summed E-state index contributed by atoms with van der Waals surface area (Å²) in [5.41, 5.74) is 9.60. The van der Waals surface area contributed by atoms with Gasteiger partial charge in [-0.2, -0.15) is 4.31 Å². The van der Waals surface area contributed by atoms with Gasteiger partial charge in [-0.1, -0.05) is 42.5 Å². The molecule has 40 heavy (non-hydrogen) atoms. The van der Waals surface area contributed by atoms with Gasteiger partial charge in [-0.05, 0) is 36.5 Å². The summed E-state index contributed by atoms with van der Waals surface area (Å²) in [6.07, 6.45) is 2.75. The largest absolute Gasteiger partial charge is 0.384 e. The molecule has 0 radical (unpaired) electrons. The first-order chi connectivity index (χ1) is 19.3. The molecule has 2 amide bonds. The summed E-state index contributed by atoms with van der Waals surface area (Å²) in [4.78, 5) is 21.2. The monoisotopic (exact) mass is 582 g/mol. The molecular formula is C28H34N6O4S2. The van der Waals surface area contributed by atoms with Crippen molar-refractivity contribution in [2.75, 3.05) is 44.2 Å². The van der Waals surface area contributed by atoms with Crippen LogP contribution in [0.4, 0.5) is 10.5 Å². The second kappa shape index (κ2) is 12.5. The van der Waals surface area contributed by atoms with E-state index in [0.717, 1.165) is 16.9 Å². The predicted molar refractivity (Wildman–Crippen MR) is 155 cm³/mol. The highest BCUT2D eigenvalue weighted by Gasteiger charge is 2.36. The van der Waals surface area contributed by atoms with E-state index < -0.39 is 10.0 Å². The predicted octanol–water partition coefficient (Wildman–Crippen LogP) is 3.60. The molecule has 2 aliphatic heterocycles. The van der Waals surface area contributed by atoms with Crippen molar-refractivity contribution in [2.24, 2.45) is 17.6 Å². The molecule has 2 aromatic carbocycles. The number of hydrogen-bond acceptors (Lipinski definition) is 7. The molecule has 1 unspecified atom stereocenters. The molecule has 0 aliphatic carbocycles. The van der Waals surface area contributed by atoms with Gasteiger partial charge in [0.2, 0.25) is 0 Å². The fraction of sp³-hybridized carbons (Fsp3) is 0.393. The van der Waals surface area contributed by atoms with E-state index >= 15 is 0 Å².